The van der Waals surface area contributed by atoms with Crippen LogP contribution in [0.4, 0.5) is 0 Å². The maximum atomic E-state index is 11.8. The lowest BCUT2D eigenvalue weighted by atomic mass is 10.0. The molecule has 0 spiro atoms. The fourth-order valence-corrected chi connectivity index (χ4v) is 2.22. The second-order valence-electron chi connectivity index (χ2n) is 5.29. The van der Waals surface area contributed by atoms with Crippen LogP contribution in [0.3, 0.4) is 0 Å². The predicted molar refractivity (Wildman–Crippen MR) is 83.2 cm³/mol. The van der Waals surface area contributed by atoms with E-state index in [2.05, 4.69) is 36.5 Å². The van der Waals surface area contributed by atoms with Crippen LogP contribution >= 0.6 is 0 Å². The molecule has 0 aliphatic rings. The minimum atomic E-state index is 0.0956. The van der Waals surface area contributed by atoms with Crippen molar-refractivity contribution in [3.63, 3.8) is 0 Å². The zero-order chi connectivity index (χ0) is 14.4. The Morgan fingerprint density at radius 2 is 1.95 bits per heavy atom. The first-order valence-electron chi connectivity index (χ1n) is 7.14. The number of nitrogens with one attached hydrogen (secondary N) is 1. The molecule has 3 N–H and O–H groups in total. The molecule has 0 fully saturated rings. The van der Waals surface area contributed by atoms with Gasteiger partial charge in [0.15, 0.2) is 0 Å². The summed E-state index contributed by atoms with van der Waals surface area (Å²) in [5, 5.41) is 5.40. The molecule has 0 saturated carbocycles. The van der Waals surface area contributed by atoms with Gasteiger partial charge in [-0.05, 0) is 35.2 Å². The minimum Gasteiger partial charge on any atom is -0.352 e. The van der Waals surface area contributed by atoms with Gasteiger partial charge in [-0.15, -0.1) is 0 Å². The van der Waals surface area contributed by atoms with Gasteiger partial charge in [-0.2, -0.15) is 0 Å². The van der Waals surface area contributed by atoms with Crippen molar-refractivity contribution < 1.29 is 4.79 Å². The zero-order valence-electron chi connectivity index (χ0n) is 11.9. The van der Waals surface area contributed by atoms with E-state index >= 15 is 0 Å². The quantitative estimate of drug-likeness (QED) is 0.848. The number of benzene rings is 2. The highest BCUT2D eigenvalue weighted by Crippen LogP contribution is 2.18. The molecule has 1 atom stereocenters. The Bertz CT molecular complexity index is 575. The molecule has 0 aliphatic heterocycles. The van der Waals surface area contributed by atoms with E-state index in [4.69, 9.17) is 5.73 Å². The van der Waals surface area contributed by atoms with Gasteiger partial charge in [0.2, 0.25) is 5.91 Å². The summed E-state index contributed by atoms with van der Waals surface area (Å²) in [4.78, 5) is 11.8. The van der Waals surface area contributed by atoms with Crippen molar-refractivity contribution in [2.45, 2.75) is 26.3 Å². The minimum absolute atomic E-state index is 0.0956. The molecule has 0 aliphatic carbocycles. The normalized spacial score (nSPS) is 12.3. The molecular formula is C17H22N2O. The molecule has 0 heterocycles. The van der Waals surface area contributed by atoms with Gasteiger partial charge < -0.3 is 11.1 Å². The average molecular weight is 270 g/mol. The monoisotopic (exact) mass is 270 g/mol. The second kappa shape index (κ2) is 7.06. The van der Waals surface area contributed by atoms with Crippen LogP contribution in [0.25, 0.3) is 10.8 Å². The average Bonchev–Trinajstić information content (AvgIpc) is 2.50. The smallest absolute Gasteiger partial charge is 0.220 e. The summed E-state index contributed by atoms with van der Waals surface area (Å²) < 4.78 is 0. The van der Waals surface area contributed by atoms with Crippen LogP contribution in [-0.2, 0) is 11.3 Å². The topological polar surface area (TPSA) is 55.1 Å². The first-order valence-corrected chi connectivity index (χ1v) is 7.14. The molecule has 2 aromatic rings. The van der Waals surface area contributed by atoms with Crippen molar-refractivity contribution in [3.05, 3.63) is 48.0 Å². The molecule has 3 heteroatoms. The number of amides is 1. The van der Waals surface area contributed by atoms with Crippen molar-refractivity contribution >= 4 is 16.7 Å². The number of fused-ring (bicyclic) bond motifs is 1. The summed E-state index contributed by atoms with van der Waals surface area (Å²) in [7, 11) is 0. The van der Waals surface area contributed by atoms with E-state index in [0.717, 1.165) is 12.0 Å². The molecular weight excluding hydrogens is 248 g/mol. The van der Waals surface area contributed by atoms with Crippen LogP contribution in [-0.4, -0.2) is 12.5 Å². The third-order valence-corrected chi connectivity index (χ3v) is 3.62. The number of hydrogen-bond acceptors (Lipinski definition) is 2. The van der Waals surface area contributed by atoms with E-state index in [1.807, 2.05) is 18.2 Å². The predicted octanol–water partition coefficient (Wildman–Crippen LogP) is 2.83. The van der Waals surface area contributed by atoms with E-state index in [1.54, 1.807) is 0 Å². The molecule has 0 radical (unpaired) electrons. The van der Waals surface area contributed by atoms with Gasteiger partial charge in [-0.25, -0.2) is 0 Å². The summed E-state index contributed by atoms with van der Waals surface area (Å²) in [6, 6.07) is 14.4. The molecule has 20 heavy (non-hydrogen) atoms. The third-order valence-electron chi connectivity index (χ3n) is 3.62. The number of carbonyl (C=O) groups excluding carboxylic acids is 1. The van der Waals surface area contributed by atoms with Gasteiger partial charge in [0.05, 0.1) is 0 Å². The molecule has 106 valence electrons. The van der Waals surface area contributed by atoms with E-state index in [9.17, 15) is 4.79 Å². The molecule has 0 bridgehead atoms. The van der Waals surface area contributed by atoms with Gasteiger partial charge in [-0.1, -0.05) is 49.4 Å². The third kappa shape index (κ3) is 3.81. The van der Waals surface area contributed by atoms with Crippen LogP contribution in [0.2, 0.25) is 0 Å². The summed E-state index contributed by atoms with van der Waals surface area (Å²) in [5.74, 6) is 0.497. The number of hydrogen-bond donors (Lipinski definition) is 2. The molecule has 0 saturated heterocycles. The molecule has 2 rings (SSSR count). The van der Waals surface area contributed by atoms with E-state index in [-0.39, 0.29) is 5.91 Å². The zero-order valence-corrected chi connectivity index (χ0v) is 11.9. The van der Waals surface area contributed by atoms with Crippen molar-refractivity contribution in [1.82, 2.24) is 5.32 Å². The fourth-order valence-electron chi connectivity index (χ4n) is 2.22. The molecule has 0 aromatic heterocycles. The van der Waals surface area contributed by atoms with E-state index < -0.39 is 0 Å². The van der Waals surface area contributed by atoms with Gasteiger partial charge in [0, 0.05) is 13.0 Å². The summed E-state index contributed by atoms with van der Waals surface area (Å²) in [6.45, 7) is 3.28. The van der Waals surface area contributed by atoms with E-state index in [0.29, 0.717) is 25.4 Å². The highest BCUT2D eigenvalue weighted by Gasteiger charge is 2.06. The van der Waals surface area contributed by atoms with Crippen LogP contribution < -0.4 is 11.1 Å². The Kier molecular flexibility index (Phi) is 5.13. The standard InChI is InChI=1S/C17H22N2O/c1-13(11-18)9-10-17(20)19-12-15-7-4-6-14-5-2-3-8-16(14)15/h2-8,13H,9-12,18H2,1H3,(H,19,20). The SMILES string of the molecule is CC(CN)CCC(=O)NCc1cccc2ccccc12. The van der Waals surface area contributed by atoms with Gasteiger partial charge in [-0.3, -0.25) is 4.79 Å². The Morgan fingerprint density at radius 3 is 2.75 bits per heavy atom. The second-order valence-corrected chi connectivity index (χ2v) is 5.29. The summed E-state index contributed by atoms with van der Waals surface area (Å²) >= 11 is 0. The Balaban J connectivity index is 1.94. The highest BCUT2D eigenvalue weighted by atomic mass is 16.1. The van der Waals surface area contributed by atoms with Crippen molar-refractivity contribution in [1.29, 1.82) is 0 Å². The molecule has 2 aromatic carbocycles. The van der Waals surface area contributed by atoms with Gasteiger partial charge >= 0.3 is 0 Å². The van der Waals surface area contributed by atoms with Crippen LogP contribution in [0, 0.1) is 5.92 Å². The maximum Gasteiger partial charge on any atom is 0.220 e. The van der Waals surface area contributed by atoms with Crippen molar-refractivity contribution in [2.75, 3.05) is 6.54 Å². The lowest BCUT2D eigenvalue weighted by molar-refractivity contribution is -0.121. The Morgan fingerprint density at radius 1 is 1.20 bits per heavy atom. The highest BCUT2D eigenvalue weighted by molar-refractivity contribution is 5.86. The lowest BCUT2D eigenvalue weighted by Gasteiger charge is -2.10. The van der Waals surface area contributed by atoms with Crippen LogP contribution in [0.1, 0.15) is 25.3 Å². The maximum absolute atomic E-state index is 11.8. The van der Waals surface area contributed by atoms with Crippen molar-refractivity contribution in [3.8, 4) is 0 Å². The largest absolute Gasteiger partial charge is 0.352 e. The van der Waals surface area contributed by atoms with Crippen LogP contribution in [0.5, 0.6) is 0 Å². The Hall–Kier alpha value is -1.87. The number of rotatable bonds is 6. The van der Waals surface area contributed by atoms with Crippen molar-refractivity contribution in [2.24, 2.45) is 11.7 Å². The fraction of sp³-hybridized carbons (Fsp3) is 0.353. The first-order chi connectivity index (χ1) is 9.70. The van der Waals surface area contributed by atoms with Crippen LogP contribution in [0.15, 0.2) is 42.5 Å². The summed E-state index contributed by atoms with van der Waals surface area (Å²) in [6.07, 6.45) is 1.39. The van der Waals surface area contributed by atoms with Gasteiger partial charge in [0.25, 0.3) is 0 Å². The molecule has 1 amide bonds. The Labute approximate surface area is 120 Å². The first kappa shape index (κ1) is 14.5. The lowest BCUT2D eigenvalue weighted by Crippen LogP contribution is -2.24. The number of nitrogens with two attached hydrogens (primary N) is 1. The van der Waals surface area contributed by atoms with E-state index in [1.165, 1.54) is 10.8 Å². The molecule has 1 unspecified atom stereocenters. The molecule has 3 nitrogen and oxygen atoms in total. The van der Waals surface area contributed by atoms with Gasteiger partial charge in [0.1, 0.15) is 0 Å². The summed E-state index contributed by atoms with van der Waals surface area (Å²) in [5.41, 5.74) is 6.71. The number of carbonyl (C=O) groups is 1.